The van der Waals surface area contributed by atoms with Crippen molar-refractivity contribution in [3.05, 3.63) is 64.4 Å². The molecule has 2 aromatic carbocycles. The number of carbonyl (C=O) groups excluding carboxylic acids is 1. The van der Waals surface area contributed by atoms with Gasteiger partial charge in [0.15, 0.2) is 5.16 Å². The fraction of sp³-hybridized carbons (Fsp3) is 0.250. The highest BCUT2D eigenvalue weighted by Crippen LogP contribution is 2.25. The Morgan fingerprint density at radius 1 is 1.19 bits per heavy atom. The molecule has 1 atom stereocenters. The van der Waals surface area contributed by atoms with Crippen LogP contribution in [0.5, 0.6) is 0 Å². The molecule has 3 aromatic rings. The quantitative estimate of drug-likeness (QED) is 0.391. The molecule has 0 radical (unpaired) electrons. The molecule has 6 heteroatoms. The third kappa shape index (κ3) is 3.51. The Balaban J connectivity index is 2.20. The number of esters is 1. The molecular formula is C20H20N2O3S. The van der Waals surface area contributed by atoms with E-state index in [-0.39, 0.29) is 11.5 Å². The molecule has 0 unspecified atom stereocenters. The van der Waals surface area contributed by atoms with Gasteiger partial charge in [-0.15, -0.1) is 0 Å². The summed E-state index contributed by atoms with van der Waals surface area (Å²) in [5, 5.41) is 0.534. The highest BCUT2D eigenvalue weighted by Gasteiger charge is 2.20. The number of aryl methyl sites for hydroxylation is 1. The fourth-order valence-corrected chi connectivity index (χ4v) is 3.63. The Labute approximate surface area is 156 Å². The highest BCUT2D eigenvalue weighted by molar-refractivity contribution is 8.00. The Morgan fingerprint density at radius 2 is 1.88 bits per heavy atom. The lowest BCUT2D eigenvalue weighted by Gasteiger charge is -2.15. The average Bonchev–Trinajstić information content (AvgIpc) is 2.67. The zero-order valence-corrected chi connectivity index (χ0v) is 15.7. The summed E-state index contributed by atoms with van der Waals surface area (Å²) in [5.74, 6) is -0.356. The smallest absolute Gasteiger partial charge is 0.318 e. The number of hydrogen-bond donors (Lipinski definition) is 0. The summed E-state index contributed by atoms with van der Waals surface area (Å²) in [7, 11) is 1.35. The second-order valence-electron chi connectivity index (χ2n) is 5.86. The van der Waals surface area contributed by atoms with Gasteiger partial charge in [0.25, 0.3) is 5.56 Å². The van der Waals surface area contributed by atoms with E-state index in [0.717, 1.165) is 12.1 Å². The summed E-state index contributed by atoms with van der Waals surface area (Å²) >= 11 is 1.21. The van der Waals surface area contributed by atoms with Gasteiger partial charge >= 0.3 is 5.97 Å². The third-order valence-electron chi connectivity index (χ3n) is 4.16. The van der Waals surface area contributed by atoms with E-state index in [2.05, 4.69) is 11.9 Å². The predicted molar refractivity (Wildman–Crippen MR) is 104 cm³/mol. The van der Waals surface area contributed by atoms with Crippen molar-refractivity contribution in [3.63, 3.8) is 0 Å². The number of aromatic nitrogens is 2. The van der Waals surface area contributed by atoms with E-state index in [1.807, 2.05) is 36.4 Å². The third-order valence-corrected chi connectivity index (χ3v) is 5.19. The lowest BCUT2D eigenvalue weighted by molar-refractivity contribution is -0.139. The molecule has 0 saturated heterocycles. The molecule has 0 spiro atoms. The van der Waals surface area contributed by atoms with Crippen molar-refractivity contribution in [2.45, 2.75) is 30.7 Å². The van der Waals surface area contributed by atoms with Gasteiger partial charge in [-0.05, 0) is 43.2 Å². The normalized spacial score (nSPS) is 12.1. The molecule has 26 heavy (non-hydrogen) atoms. The number of ether oxygens (including phenoxy) is 1. The second-order valence-corrected chi connectivity index (χ2v) is 7.16. The number of carbonyl (C=O) groups is 1. The number of methoxy groups -OCH3 is 1. The second kappa shape index (κ2) is 7.74. The van der Waals surface area contributed by atoms with E-state index >= 15 is 0 Å². The van der Waals surface area contributed by atoms with Gasteiger partial charge in [0.05, 0.1) is 23.7 Å². The molecule has 0 N–H and O–H groups in total. The summed E-state index contributed by atoms with van der Waals surface area (Å²) in [6.07, 6.45) is 0.923. The van der Waals surface area contributed by atoms with Crippen molar-refractivity contribution < 1.29 is 9.53 Å². The summed E-state index contributed by atoms with van der Waals surface area (Å²) in [6, 6.07) is 15.0. The van der Waals surface area contributed by atoms with Crippen LogP contribution in [0.4, 0.5) is 0 Å². The summed E-state index contributed by atoms with van der Waals surface area (Å²) in [4.78, 5) is 29.6. The maximum Gasteiger partial charge on any atom is 0.318 e. The Kier molecular flexibility index (Phi) is 5.42. The molecule has 0 saturated carbocycles. The zero-order valence-electron chi connectivity index (χ0n) is 14.9. The largest absolute Gasteiger partial charge is 0.468 e. The van der Waals surface area contributed by atoms with Crippen LogP contribution in [-0.4, -0.2) is 27.9 Å². The van der Waals surface area contributed by atoms with Gasteiger partial charge in [0.1, 0.15) is 5.25 Å². The summed E-state index contributed by atoms with van der Waals surface area (Å²) in [5.41, 5.74) is 2.37. The molecule has 0 aliphatic heterocycles. The molecule has 0 amide bonds. The molecule has 0 fully saturated rings. The van der Waals surface area contributed by atoms with Crippen LogP contribution in [0.15, 0.2) is 58.5 Å². The maximum atomic E-state index is 13.1. The van der Waals surface area contributed by atoms with Crippen LogP contribution in [0.25, 0.3) is 16.6 Å². The Bertz CT molecular complexity index is 996. The number of benzene rings is 2. The van der Waals surface area contributed by atoms with Crippen molar-refractivity contribution in [2.75, 3.05) is 7.11 Å². The first kappa shape index (κ1) is 18.2. The van der Waals surface area contributed by atoms with Crippen molar-refractivity contribution >= 4 is 28.6 Å². The topological polar surface area (TPSA) is 61.2 Å². The number of nitrogens with zero attached hydrogens (tertiary/aromatic N) is 2. The Morgan fingerprint density at radius 3 is 2.54 bits per heavy atom. The van der Waals surface area contributed by atoms with Crippen LogP contribution in [0.3, 0.4) is 0 Å². The van der Waals surface area contributed by atoms with Gasteiger partial charge in [0.2, 0.25) is 0 Å². The standard InChI is InChI=1S/C20H20N2O3S/c1-4-14-9-11-15(12-10-14)22-18(23)16-7-5-6-8-17(16)21-20(22)26-13(2)19(24)25-3/h5-13H,4H2,1-3H3/t13-/m1/s1. The molecule has 5 nitrogen and oxygen atoms in total. The summed E-state index contributed by atoms with van der Waals surface area (Å²) < 4.78 is 6.36. The van der Waals surface area contributed by atoms with Gasteiger partial charge in [0, 0.05) is 0 Å². The van der Waals surface area contributed by atoms with Crippen LogP contribution in [0.1, 0.15) is 19.4 Å². The number of rotatable bonds is 5. The first-order valence-corrected chi connectivity index (χ1v) is 9.28. The van der Waals surface area contributed by atoms with Crippen LogP contribution >= 0.6 is 11.8 Å². The van der Waals surface area contributed by atoms with Crippen LogP contribution < -0.4 is 5.56 Å². The fourth-order valence-electron chi connectivity index (χ4n) is 2.67. The molecule has 3 rings (SSSR count). The van der Waals surface area contributed by atoms with E-state index in [4.69, 9.17) is 4.74 Å². The van der Waals surface area contributed by atoms with Crippen molar-refractivity contribution in [2.24, 2.45) is 0 Å². The van der Waals surface area contributed by atoms with Crippen molar-refractivity contribution in [3.8, 4) is 5.69 Å². The highest BCUT2D eigenvalue weighted by atomic mass is 32.2. The number of thioether (sulfide) groups is 1. The molecule has 1 heterocycles. The SMILES string of the molecule is CCc1ccc(-n2c(S[C@H](C)C(=O)OC)nc3ccccc3c2=O)cc1. The number of hydrogen-bond acceptors (Lipinski definition) is 5. The Hall–Kier alpha value is -2.60. The minimum atomic E-state index is -0.478. The van der Waals surface area contributed by atoms with Gasteiger partial charge in [-0.1, -0.05) is 43.0 Å². The van der Waals surface area contributed by atoms with E-state index in [1.54, 1.807) is 23.6 Å². The molecular weight excluding hydrogens is 348 g/mol. The zero-order chi connectivity index (χ0) is 18.7. The lowest BCUT2D eigenvalue weighted by Crippen LogP contribution is -2.24. The molecule has 134 valence electrons. The van der Waals surface area contributed by atoms with Crippen molar-refractivity contribution in [1.29, 1.82) is 0 Å². The molecule has 0 aliphatic carbocycles. The molecule has 0 aliphatic rings. The van der Waals surface area contributed by atoms with E-state index in [9.17, 15) is 9.59 Å². The van der Waals surface area contributed by atoms with Gasteiger partial charge in [-0.25, -0.2) is 4.98 Å². The number of fused-ring (bicyclic) bond motifs is 1. The first-order chi connectivity index (χ1) is 12.5. The maximum absolute atomic E-state index is 13.1. The van der Waals surface area contributed by atoms with Crippen LogP contribution in [-0.2, 0) is 16.0 Å². The van der Waals surface area contributed by atoms with Gasteiger partial charge < -0.3 is 4.74 Å². The monoisotopic (exact) mass is 368 g/mol. The van der Waals surface area contributed by atoms with Crippen LogP contribution in [0, 0.1) is 0 Å². The average molecular weight is 368 g/mol. The number of para-hydroxylation sites is 1. The summed E-state index contributed by atoms with van der Waals surface area (Å²) in [6.45, 7) is 3.82. The molecule has 1 aromatic heterocycles. The van der Waals surface area contributed by atoms with Gasteiger partial charge in [-0.3, -0.25) is 14.2 Å². The van der Waals surface area contributed by atoms with Crippen LogP contribution in [0.2, 0.25) is 0 Å². The predicted octanol–water partition coefficient (Wildman–Crippen LogP) is 3.60. The first-order valence-electron chi connectivity index (χ1n) is 8.40. The van der Waals surface area contributed by atoms with E-state index in [0.29, 0.717) is 16.1 Å². The van der Waals surface area contributed by atoms with E-state index in [1.165, 1.54) is 24.4 Å². The minimum absolute atomic E-state index is 0.153. The lowest BCUT2D eigenvalue weighted by atomic mass is 10.1. The minimum Gasteiger partial charge on any atom is -0.468 e. The van der Waals surface area contributed by atoms with Gasteiger partial charge in [-0.2, -0.15) is 0 Å². The molecule has 0 bridgehead atoms. The van der Waals surface area contributed by atoms with Crippen molar-refractivity contribution in [1.82, 2.24) is 9.55 Å². The van der Waals surface area contributed by atoms with E-state index < -0.39 is 5.25 Å².